The van der Waals surface area contributed by atoms with Crippen LogP contribution in [0.3, 0.4) is 0 Å². The second kappa shape index (κ2) is 13.2. The summed E-state index contributed by atoms with van der Waals surface area (Å²) in [7, 11) is 0. The summed E-state index contributed by atoms with van der Waals surface area (Å²) in [4.78, 5) is 55.6. The molecule has 0 radical (unpaired) electrons. The average molecular weight is 504 g/mol. The van der Waals surface area contributed by atoms with Gasteiger partial charge in [0.1, 0.15) is 23.7 Å². The second-order valence-electron chi connectivity index (χ2n) is 6.04. The Morgan fingerprint density at radius 2 is 2.27 bits per heavy atom. The summed E-state index contributed by atoms with van der Waals surface area (Å²) in [5.74, 6) is -0.530. The van der Waals surface area contributed by atoms with Crippen LogP contribution >= 0.6 is 23.1 Å². The van der Waals surface area contributed by atoms with Gasteiger partial charge in [0.2, 0.25) is 18.2 Å². The molecule has 4 amide bonds. The first-order valence-corrected chi connectivity index (χ1v) is 10.9. The number of tetrazole rings is 1. The number of thiazole rings is 1. The van der Waals surface area contributed by atoms with Gasteiger partial charge in [-0.3, -0.25) is 29.5 Å². The number of nitrogens with one attached hydrogen (secondary N) is 4. The van der Waals surface area contributed by atoms with Crippen molar-refractivity contribution in [1.29, 1.82) is 0 Å². The zero-order valence-electron chi connectivity index (χ0n) is 17.5. The van der Waals surface area contributed by atoms with Gasteiger partial charge in [-0.1, -0.05) is 5.16 Å². The molecule has 0 aliphatic carbocycles. The van der Waals surface area contributed by atoms with Crippen molar-refractivity contribution in [2.75, 3.05) is 17.6 Å². The fourth-order valence-corrected chi connectivity index (χ4v) is 4.05. The third kappa shape index (κ3) is 7.74. The number of hydrogen-bond acceptors (Lipinski definition) is 12. The molecule has 2 aromatic rings. The Labute approximate surface area is 216 Å². The van der Waals surface area contributed by atoms with Crippen LogP contribution in [0.4, 0.5) is 5.13 Å². The van der Waals surface area contributed by atoms with E-state index in [-0.39, 0.29) is 75.7 Å². The van der Waals surface area contributed by atoms with Gasteiger partial charge in [0, 0.05) is 30.4 Å². The fourth-order valence-electron chi connectivity index (χ4n) is 2.34. The number of carbonyl (C=O) groups excluding carboxylic acids is 4. The van der Waals surface area contributed by atoms with Crippen LogP contribution in [0.1, 0.15) is 18.4 Å². The van der Waals surface area contributed by atoms with Crippen molar-refractivity contribution in [3.05, 3.63) is 16.9 Å². The molecule has 3 rings (SSSR count). The van der Waals surface area contributed by atoms with Crippen LogP contribution in [0.5, 0.6) is 0 Å². The minimum Gasteiger partial charge on any atom is -0.390 e. The van der Waals surface area contributed by atoms with E-state index >= 15 is 0 Å². The fraction of sp³-hybridized carbons (Fsp3) is 0.400. The largest absolute Gasteiger partial charge is 1.00 e. The topological polar surface area (TPSA) is 204 Å². The van der Waals surface area contributed by atoms with Crippen molar-refractivity contribution >= 4 is 58.1 Å². The zero-order valence-corrected chi connectivity index (χ0v) is 21.1. The van der Waals surface area contributed by atoms with Gasteiger partial charge in [-0.25, -0.2) is 4.98 Å². The first kappa shape index (κ1) is 26.7. The maximum Gasteiger partial charge on any atom is 1.00 e. The summed E-state index contributed by atoms with van der Waals surface area (Å²) in [5, 5.41) is 29.3. The molecule has 1 saturated heterocycles. The number of aromatic nitrogens is 5. The van der Waals surface area contributed by atoms with Gasteiger partial charge in [0.15, 0.2) is 10.8 Å². The molecule has 1 aliphatic rings. The standard InChI is InChI=1S/C15H18N10O5S2.Na/c1-7(27)16-2-3-31-14-11(13(29)20-14)19-12(28)10(8-5-32-15(18-8)17-6-26)23-30-4-9-21-24-25-22-9;/h5-6,11,14H,2-4H2,1H3,(H5,16,17,18,19,20,21,22,24,25,26,27,28,29);/q;+1/p-1/t11-,14-;/m1./s1. The molecule has 15 nitrogen and oxygen atoms in total. The third-order valence-corrected chi connectivity index (χ3v) is 5.75. The number of rotatable bonds is 12. The van der Waals surface area contributed by atoms with Crippen LogP contribution in [0.2, 0.25) is 0 Å². The molecule has 3 heterocycles. The Balaban J connectivity index is 0.00000385. The quantitative estimate of drug-likeness (QED) is 0.0536. The molecule has 1 aliphatic heterocycles. The number of nitrogens with zero attached hydrogens (tertiary/aromatic N) is 6. The van der Waals surface area contributed by atoms with E-state index in [1.807, 2.05) is 0 Å². The van der Waals surface area contributed by atoms with Crippen molar-refractivity contribution in [2.45, 2.75) is 24.9 Å². The van der Waals surface area contributed by atoms with E-state index in [0.717, 1.165) is 11.3 Å². The summed E-state index contributed by atoms with van der Waals surface area (Å²) in [5.41, 5.74) is -0.0829. The number of anilines is 1. The van der Waals surface area contributed by atoms with Gasteiger partial charge in [-0.05, 0) is 0 Å². The molecule has 18 heteroatoms. The number of amides is 4. The molecule has 0 saturated carbocycles. The Morgan fingerprint density at radius 1 is 1.45 bits per heavy atom. The van der Waals surface area contributed by atoms with Crippen molar-refractivity contribution in [3.8, 4) is 0 Å². The molecule has 1 fully saturated rings. The molecule has 170 valence electrons. The summed E-state index contributed by atoms with van der Waals surface area (Å²) < 4.78 is 0. The molecular formula is C15H17N10NaO5S2. The van der Waals surface area contributed by atoms with E-state index < -0.39 is 11.9 Å². The Morgan fingerprint density at radius 3 is 2.94 bits per heavy atom. The number of hydrogen-bond donors (Lipinski definition) is 4. The summed E-state index contributed by atoms with van der Waals surface area (Å²) in [6.07, 6.45) is 0.449. The average Bonchev–Trinajstić information content (AvgIpc) is 3.44. The van der Waals surface area contributed by atoms with Gasteiger partial charge >= 0.3 is 29.6 Å². The van der Waals surface area contributed by atoms with Crippen molar-refractivity contribution in [2.24, 2.45) is 5.16 Å². The zero-order chi connectivity index (χ0) is 22.9. The molecule has 0 unspecified atom stereocenters. The molecule has 33 heavy (non-hydrogen) atoms. The van der Waals surface area contributed by atoms with Crippen molar-refractivity contribution in [1.82, 2.24) is 41.6 Å². The SMILES string of the molecule is CC(=O)NCCS[C@H]1NC(=O)[C@H]1NC(=O)C(=NOCc1nnn[n-]1)c1csc(NC=O)n1.[Na+]. The first-order valence-electron chi connectivity index (χ1n) is 8.99. The monoisotopic (exact) mass is 504 g/mol. The Hall–Kier alpha value is -2.60. The van der Waals surface area contributed by atoms with Crippen LogP contribution in [0, 0.1) is 0 Å². The van der Waals surface area contributed by atoms with Gasteiger partial charge < -0.3 is 31.2 Å². The maximum atomic E-state index is 12.9. The van der Waals surface area contributed by atoms with E-state index in [9.17, 15) is 19.2 Å². The van der Waals surface area contributed by atoms with Gasteiger partial charge in [0.05, 0.1) is 0 Å². The van der Waals surface area contributed by atoms with Crippen LogP contribution < -0.4 is 55.9 Å². The number of carbonyl (C=O) groups is 4. The van der Waals surface area contributed by atoms with Gasteiger partial charge in [-0.2, -0.15) is 5.21 Å². The molecule has 2 aromatic heterocycles. The summed E-state index contributed by atoms with van der Waals surface area (Å²) in [6.45, 7) is 1.64. The molecule has 0 spiro atoms. The summed E-state index contributed by atoms with van der Waals surface area (Å²) >= 11 is 2.44. The number of oxime groups is 1. The minimum atomic E-state index is -0.812. The predicted molar refractivity (Wildman–Crippen MR) is 111 cm³/mol. The van der Waals surface area contributed by atoms with E-state index in [4.69, 9.17) is 4.84 Å². The van der Waals surface area contributed by atoms with Crippen LogP contribution in [0.25, 0.3) is 0 Å². The van der Waals surface area contributed by atoms with E-state index in [0.29, 0.717) is 18.7 Å². The van der Waals surface area contributed by atoms with Crippen molar-refractivity contribution < 1.29 is 53.6 Å². The normalized spacial score (nSPS) is 17.1. The van der Waals surface area contributed by atoms with E-state index in [2.05, 4.69) is 52.0 Å². The first-order chi connectivity index (χ1) is 15.5. The second-order valence-corrected chi connectivity index (χ2v) is 8.15. The molecule has 0 bridgehead atoms. The minimum absolute atomic E-state index is 0. The van der Waals surface area contributed by atoms with E-state index in [1.165, 1.54) is 24.1 Å². The molecule has 0 aromatic carbocycles. The van der Waals surface area contributed by atoms with Gasteiger partial charge in [0.25, 0.3) is 5.91 Å². The Bertz CT molecular complexity index is 1000. The summed E-state index contributed by atoms with van der Waals surface area (Å²) in [6, 6.07) is -0.812. The van der Waals surface area contributed by atoms with Crippen molar-refractivity contribution in [3.63, 3.8) is 0 Å². The van der Waals surface area contributed by atoms with Crippen LogP contribution in [-0.2, 0) is 30.6 Å². The number of thioether (sulfide) groups is 1. The molecular weight excluding hydrogens is 487 g/mol. The van der Waals surface area contributed by atoms with Gasteiger partial charge in [-0.15, -0.1) is 23.1 Å². The van der Waals surface area contributed by atoms with Crippen LogP contribution in [-0.4, -0.2) is 74.1 Å². The third-order valence-electron chi connectivity index (χ3n) is 3.78. The van der Waals surface area contributed by atoms with E-state index in [1.54, 1.807) is 0 Å². The number of β-lactam (4-membered cyclic amide) rings is 1. The molecule has 4 N–H and O–H groups in total. The predicted octanol–water partition coefficient (Wildman–Crippen LogP) is -5.41. The molecule has 2 atom stereocenters. The van der Waals surface area contributed by atoms with Crippen LogP contribution in [0.15, 0.2) is 10.5 Å². The Kier molecular flexibility index (Phi) is 10.7. The maximum absolute atomic E-state index is 12.9. The smallest absolute Gasteiger partial charge is 0.390 e.